The molecule has 128 valence electrons. The van der Waals surface area contributed by atoms with Gasteiger partial charge in [0.05, 0.1) is 24.7 Å². The molecule has 25 heavy (non-hydrogen) atoms. The Morgan fingerprint density at radius 3 is 2.96 bits per heavy atom. The van der Waals surface area contributed by atoms with E-state index in [4.69, 9.17) is 9.47 Å². The van der Waals surface area contributed by atoms with Crippen LogP contribution in [0.15, 0.2) is 40.9 Å². The van der Waals surface area contributed by atoms with Crippen molar-refractivity contribution in [1.29, 1.82) is 5.26 Å². The fourth-order valence-corrected chi connectivity index (χ4v) is 3.51. The smallest absolute Gasteiger partial charge is 0.310 e. The van der Waals surface area contributed by atoms with Crippen molar-refractivity contribution in [2.45, 2.75) is 32.3 Å². The topological polar surface area (TPSA) is 59.3 Å². The Morgan fingerprint density at radius 1 is 1.36 bits per heavy atom. The van der Waals surface area contributed by atoms with E-state index in [2.05, 4.69) is 34.1 Å². The van der Waals surface area contributed by atoms with Crippen LogP contribution in [0.2, 0.25) is 0 Å². The van der Waals surface area contributed by atoms with Gasteiger partial charge in [-0.25, -0.2) is 0 Å². The summed E-state index contributed by atoms with van der Waals surface area (Å²) < 4.78 is 12.3. The third kappa shape index (κ3) is 3.85. The lowest BCUT2D eigenvalue weighted by Crippen LogP contribution is -2.12. The Morgan fingerprint density at radius 2 is 2.20 bits per heavy atom. The predicted molar refractivity (Wildman–Crippen MR) is 97.3 cm³/mol. The second-order valence-corrected chi connectivity index (χ2v) is 6.78. The molecule has 0 heterocycles. The molecular formula is C20H18BrNO3. The molecule has 0 amide bonds. The van der Waals surface area contributed by atoms with Gasteiger partial charge in [0.15, 0.2) is 0 Å². The largest absolute Gasteiger partial charge is 0.485 e. The van der Waals surface area contributed by atoms with E-state index in [-0.39, 0.29) is 18.5 Å². The van der Waals surface area contributed by atoms with E-state index >= 15 is 0 Å². The number of fused-ring (bicyclic) bond motifs is 1. The van der Waals surface area contributed by atoms with E-state index in [1.54, 1.807) is 19.1 Å². The first-order valence-electron chi connectivity index (χ1n) is 8.25. The molecule has 0 radical (unpaired) electrons. The molecule has 0 saturated heterocycles. The number of hydrogen-bond donors (Lipinski definition) is 0. The third-order valence-corrected chi connectivity index (χ3v) is 4.77. The van der Waals surface area contributed by atoms with Crippen LogP contribution >= 0.6 is 15.9 Å². The van der Waals surface area contributed by atoms with Gasteiger partial charge in [0.2, 0.25) is 0 Å². The number of aryl methyl sites for hydroxylation is 1. The number of benzene rings is 2. The molecule has 4 nitrogen and oxygen atoms in total. The van der Waals surface area contributed by atoms with E-state index in [9.17, 15) is 10.1 Å². The molecule has 0 aromatic heterocycles. The number of carbonyl (C=O) groups is 1. The van der Waals surface area contributed by atoms with E-state index in [1.807, 2.05) is 12.1 Å². The lowest BCUT2D eigenvalue weighted by Gasteiger charge is -2.18. The van der Waals surface area contributed by atoms with Crippen molar-refractivity contribution in [2.24, 2.45) is 0 Å². The zero-order valence-corrected chi connectivity index (χ0v) is 15.5. The van der Waals surface area contributed by atoms with Crippen LogP contribution in [0.1, 0.15) is 41.7 Å². The first-order chi connectivity index (χ1) is 12.1. The molecule has 0 N–H and O–H groups in total. The first kappa shape index (κ1) is 17.5. The normalized spacial score (nSPS) is 15.3. The van der Waals surface area contributed by atoms with Crippen molar-refractivity contribution < 1.29 is 14.3 Å². The van der Waals surface area contributed by atoms with Gasteiger partial charge in [-0.1, -0.05) is 28.1 Å². The minimum Gasteiger partial charge on any atom is -0.485 e. The van der Waals surface area contributed by atoms with Crippen LogP contribution in [0.4, 0.5) is 0 Å². The molecular weight excluding hydrogens is 382 g/mol. The molecule has 0 spiro atoms. The average Bonchev–Trinajstić information content (AvgIpc) is 2.98. The number of esters is 1. The van der Waals surface area contributed by atoms with Gasteiger partial charge in [-0.3, -0.25) is 4.79 Å². The second-order valence-electron chi connectivity index (χ2n) is 5.86. The molecule has 1 aliphatic rings. The van der Waals surface area contributed by atoms with Crippen molar-refractivity contribution >= 4 is 21.9 Å². The van der Waals surface area contributed by atoms with E-state index in [1.165, 1.54) is 5.56 Å². The minimum absolute atomic E-state index is 0.0327. The average molecular weight is 400 g/mol. The maximum Gasteiger partial charge on any atom is 0.310 e. The number of rotatable bonds is 5. The number of halogens is 1. The highest BCUT2D eigenvalue weighted by molar-refractivity contribution is 9.10. The zero-order chi connectivity index (χ0) is 17.8. The number of nitrogens with zero attached hydrogens (tertiary/aromatic N) is 1. The van der Waals surface area contributed by atoms with Gasteiger partial charge in [0.25, 0.3) is 0 Å². The number of hydrogen-bond acceptors (Lipinski definition) is 4. The highest BCUT2D eigenvalue weighted by atomic mass is 79.9. The molecule has 5 heteroatoms. The fraction of sp³-hybridized carbons (Fsp3) is 0.300. The summed E-state index contributed by atoms with van der Waals surface area (Å²) in [5.74, 6) is 0.217. The van der Waals surface area contributed by atoms with E-state index in [0.29, 0.717) is 23.5 Å². The van der Waals surface area contributed by atoms with Gasteiger partial charge < -0.3 is 9.47 Å². The Balaban J connectivity index is 1.90. The summed E-state index contributed by atoms with van der Waals surface area (Å²) in [6.07, 6.45) is 1.78. The minimum atomic E-state index is -0.357. The summed E-state index contributed by atoms with van der Waals surface area (Å²) in [7, 11) is 0. The van der Waals surface area contributed by atoms with Crippen LogP contribution in [0.25, 0.3) is 0 Å². The predicted octanol–water partition coefficient (Wildman–Crippen LogP) is 4.49. The quantitative estimate of drug-likeness (QED) is 0.694. The zero-order valence-electron chi connectivity index (χ0n) is 13.9. The molecule has 2 aromatic rings. The van der Waals surface area contributed by atoms with Crippen LogP contribution < -0.4 is 4.74 Å². The maximum absolute atomic E-state index is 11.9. The van der Waals surface area contributed by atoms with Crippen LogP contribution in [-0.2, 0) is 22.4 Å². The Kier molecular flexibility index (Phi) is 5.40. The number of ether oxygens (including phenoxy) is 2. The molecule has 0 fully saturated rings. The van der Waals surface area contributed by atoms with E-state index < -0.39 is 0 Å². The van der Waals surface area contributed by atoms with Gasteiger partial charge in [-0.15, -0.1) is 0 Å². The molecule has 3 rings (SSSR count). The fourth-order valence-electron chi connectivity index (χ4n) is 3.13. The summed E-state index contributed by atoms with van der Waals surface area (Å²) in [6.45, 7) is 2.08. The monoisotopic (exact) mass is 399 g/mol. The summed E-state index contributed by atoms with van der Waals surface area (Å²) in [4.78, 5) is 11.9. The van der Waals surface area contributed by atoms with Crippen molar-refractivity contribution in [3.63, 3.8) is 0 Å². The van der Waals surface area contributed by atoms with Crippen molar-refractivity contribution in [3.05, 3.63) is 63.1 Å². The SMILES string of the molecule is CCOC(=O)Cc1c(C#N)cccc1OC1CCc2ccc(Br)cc21. The highest BCUT2D eigenvalue weighted by Gasteiger charge is 2.26. The van der Waals surface area contributed by atoms with Gasteiger partial charge >= 0.3 is 5.97 Å². The van der Waals surface area contributed by atoms with Crippen molar-refractivity contribution in [2.75, 3.05) is 6.61 Å². The van der Waals surface area contributed by atoms with Crippen LogP contribution in [0, 0.1) is 11.3 Å². The standard InChI is InChI=1S/C20H18BrNO3/c1-2-24-20(23)11-17-14(12-22)4-3-5-18(17)25-19-9-7-13-6-8-15(21)10-16(13)19/h3-6,8,10,19H,2,7,9,11H2,1H3. The molecule has 0 saturated carbocycles. The van der Waals surface area contributed by atoms with Gasteiger partial charge in [0, 0.05) is 10.0 Å². The molecule has 0 bridgehead atoms. The van der Waals surface area contributed by atoms with Crippen LogP contribution in [-0.4, -0.2) is 12.6 Å². The Labute approximate surface area is 155 Å². The molecule has 1 unspecified atom stereocenters. The maximum atomic E-state index is 11.9. The molecule has 1 aliphatic carbocycles. The van der Waals surface area contributed by atoms with Gasteiger partial charge in [-0.2, -0.15) is 5.26 Å². The number of carbonyl (C=O) groups excluding carboxylic acids is 1. The summed E-state index contributed by atoms with van der Waals surface area (Å²) in [5, 5.41) is 9.38. The van der Waals surface area contributed by atoms with Crippen molar-refractivity contribution in [1.82, 2.24) is 0 Å². The Hall–Kier alpha value is -2.32. The highest BCUT2D eigenvalue weighted by Crippen LogP contribution is 2.38. The lowest BCUT2D eigenvalue weighted by molar-refractivity contribution is -0.142. The molecule has 1 atom stereocenters. The summed E-state index contributed by atoms with van der Waals surface area (Å²) >= 11 is 3.51. The van der Waals surface area contributed by atoms with Crippen molar-refractivity contribution in [3.8, 4) is 11.8 Å². The Bertz CT molecular complexity index is 841. The third-order valence-electron chi connectivity index (χ3n) is 4.28. The van der Waals surface area contributed by atoms with Crippen LogP contribution in [0.3, 0.4) is 0 Å². The molecule has 0 aliphatic heterocycles. The van der Waals surface area contributed by atoms with Crippen LogP contribution in [0.5, 0.6) is 5.75 Å². The van der Waals surface area contributed by atoms with Gasteiger partial charge in [0.1, 0.15) is 11.9 Å². The summed E-state index contributed by atoms with van der Waals surface area (Å²) in [6, 6.07) is 13.6. The summed E-state index contributed by atoms with van der Waals surface area (Å²) in [5.41, 5.74) is 3.46. The first-order valence-corrected chi connectivity index (χ1v) is 9.04. The lowest BCUT2D eigenvalue weighted by atomic mass is 10.0. The number of nitriles is 1. The second kappa shape index (κ2) is 7.71. The van der Waals surface area contributed by atoms with E-state index in [0.717, 1.165) is 22.9 Å². The van der Waals surface area contributed by atoms with Gasteiger partial charge in [-0.05, 0) is 55.2 Å². The molecule has 2 aromatic carbocycles.